The topological polar surface area (TPSA) is 29.1 Å². The summed E-state index contributed by atoms with van der Waals surface area (Å²) in [6, 6.07) is 7.94. The molecule has 5 heteroatoms. The predicted molar refractivity (Wildman–Crippen MR) is 86.1 cm³/mol. The van der Waals surface area contributed by atoms with Gasteiger partial charge < -0.3 is 5.32 Å². The van der Waals surface area contributed by atoms with Crippen LogP contribution in [0.25, 0.3) is 0 Å². The summed E-state index contributed by atoms with van der Waals surface area (Å²) < 4.78 is 0. The Morgan fingerprint density at radius 2 is 2.25 bits per heavy atom. The van der Waals surface area contributed by atoms with Gasteiger partial charge in [0.15, 0.2) is 0 Å². The molecule has 0 fully saturated rings. The average Bonchev–Trinajstić information content (AvgIpc) is 2.86. The number of rotatable bonds is 2. The Bertz CT molecular complexity index is 653. The number of carbonyl (C=O) groups is 1. The fraction of sp³-hybridized carbons (Fsp3) is 0.267. The minimum Gasteiger partial charge on any atom is -0.344 e. The second-order valence-electron chi connectivity index (χ2n) is 4.78. The van der Waals surface area contributed by atoms with Crippen molar-refractivity contribution in [2.75, 3.05) is 5.75 Å². The third kappa shape index (κ3) is 2.73. The number of hydrogen-bond donors (Lipinski definition) is 1. The van der Waals surface area contributed by atoms with Gasteiger partial charge in [0.05, 0.1) is 10.9 Å². The number of thioether (sulfide) groups is 1. The maximum atomic E-state index is 12.3. The van der Waals surface area contributed by atoms with Gasteiger partial charge in [0.2, 0.25) is 0 Å². The van der Waals surface area contributed by atoms with E-state index in [1.165, 1.54) is 16.2 Å². The number of carbonyl (C=O) groups excluding carboxylic acids is 1. The monoisotopic (exact) mass is 323 g/mol. The van der Waals surface area contributed by atoms with Gasteiger partial charge in [-0.15, -0.1) is 23.1 Å². The highest BCUT2D eigenvalue weighted by atomic mass is 35.5. The molecule has 1 aromatic heterocycles. The Hall–Kier alpha value is -0.970. The van der Waals surface area contributed by atoms with Crippen LogP contribution in [-0.2, 0) is 0 Å². The van der Waals surface area contributed by atoms with Gasteiger partial charge in [-0.1, -0.05) is 11.6 Å². The van der Waals surface area contributed by atoms with Crippen LogP contribution in [0.5, 0.6) is 0 Å². The summed E-state index contributed by atoms with van der Waals surface area (Å²) in [5.74, 6) is 1.03. The van der Waals surface area contributed by atoms with Gasteiger partial charge in [-0.25, -0.2) is 0 Å². The zero-order chi connectivity index (χ0) is 14.1. The summed E-state index contributed by atoms with van der Waals surface area (Å²) in [5.41, 5.74) is 2.17. The first-order valence-corrected chi connectivity index (χ1v) is 8.66. The lowest BCUT2D eigenvalue weighted by atomic mass is 10.0. The van der Waals surface area contributed by atoms with Crippen LogP contribution in [0.3, 0.4) is 0 Å². The number of hydrogen-bond acceptors (Lipinski definition) is 3. The van der Waals surface area contributed by atoms with Crippen molar-refractivity contribution < 1.29 is 4.79 Å². The molecule has 2 aromatic rings. The van der Waals surface area contributed by atoms with Crippen LogP contribution in [0.4, 0.5) is 0 Å². The smallest absolute Gasteiger partial charge is 0.262 e. The Morgan fingerprint density at radius 3 is 3.00 bits per heavy atom. The van der Waals surface area contributed by atoms with Crippen LogP contribution in [0, 0.1) is 6.92 Å². The van der Waals surface area contributed by atoms with E-state index in [0.717, 1.165) is 33.2 Å². The minimum absolute atomic E-state index is 0.0142. The zero-order valence-corrected chi connectivity index (χ0v) is 13.4. The normalized spacial score (nSPS) is 17.6. The van der Waals surface area contributed by atoms with E-state index in [-0.39, 0.29) is 11.9 Å². The largest absolute Gasteiger partial charge is 0.344 e. The van der Waals surface area contributed by atoms with Crippen LogP contribution in [0.2, 0.25) is 5.02 Å². The first kappa shape index (κ1) is 14.0. The molecule has 0 aliphatic carbocycles. The molecular weight excluding hydrogens is 310 g/mol. The van der Waals surface area contributed by atoms with E-state index in [9.17, 15) is 4.79 Å². The molecular formula is C15H14ClNOS2. The van der Waals surface area contributed by atoms with Crippen LogP contribution in [0.1, 0.15) is 33.3 Å². The molecule has 0 saturated carbocycles. The molecule has 1 unspecified atom stereocenters. The van der Waals surface area contributed by atoms with Crippen molar-refractivity contribution in [3.05, 3.63) is 50.7 Å². The SMILES string of the molecule is Cc1ccsc1C(=O)NC1CCSc2ccc(Cl)cc21. The molecule has 2 nitrogen and oxygen atoms in total. The summed E-state index contributed by atoms with van der Waals surface area (Å²) in [5, 5.41) is 5.82. The van der Waals surface area contributed by atoms with Crippen LogP contribution < -0.4 is 5.32 Å². The van der Waals surface area contributed by atoms with Crippen molar-refractivity contribution in [3.8, 4) is 0 Å². The highest BCUT2D eigenvalue weighted by molar-refractivity contribution is 7.99. The molecule has 20 heavy (non-hydrogen) atoms. The molecule has 0 radical (unpaired) electrons. The first-order valence-electron chi connectivity index (χ1n) is 6.42. The van der Waals surface area contributed by atoms with Gasteiger partial charge in [0.1, 0.15) is 0 Å². The van der Waals surface area contributed by atoms with E-state index in [1.807, 2.05) is 48.3 Å². The van der Waals surface area contributed by atoms with Gasteiger partial charge in [0.25, 0.3) is 5.91 Å². The lowest BCUT2D eigenvalue weighted by Crippen LogP contribution is -2.30. The third-order valence-electron chi connectivity index (χ3n) is 3.38. The van der Waals surface area contributed by atoms with Gasteiger partial charge in [0, 0.05) is 15.7 Å². The van der Waals surface area contributed by atoms with E-state index in [2.05, 4.69) is 5.32 Å². The summed E-state index contributed by atoms with van der Waals surface area (Å²) in [6.45, 7) is 1.97. The highest BCUT2D eigenvalue weighted by Crippen LogP contribution is 2.37. The Labute approximate surface area is 131 Å². The summed E-state index contributed by atoms with van der Waals surface area (Å²) in [6.07, 6.45) is 0.939. The molecule has 1 aliphatic heterocycles. The van der Waals surface area contributed by atoms with Gasteiger partial charge in [-0.05, 0) is 54.1 Å². The Balaban J connectivity index is 1.85. The number of thiophene rings is 1. The number of amides is 1. The second kappa shape index (κ2) is 5.80. The lowest BCUT2D eigenvalue weighted by molar-refractivity contribution is 0.0938. The van der Waals surface area contributed by atoms with E-state index in [0.29, 0.717) is 0 Å². The van der Waals surface area contributed by atoms with Crippen molar-refractivity contribution in [2.24, 2.45) is 0 Å². The van der Waals surface area contributed by atoms with Crippen molar-refractivity contribution in [1.82, 2.24) is 5.32 Å². The van der Waals surface area contributed by atoms with E-state index in [1.54, 1.807) is 0 Å². The molecule has 1 N–H and O–H groups in total. The molecule has 1 aliphatic rings. The predicted octanol–water partition coefficient (Wildman–Crippen LogP) is 4.68. The van der Waals surface area contributed by atoms with Crippen molar-refractivity contribution in [1.29, 1.82) is 0 Å². The number of halogens is 1. The van der Waals surface area contributed by atoms with Gasteiger partial charge in [-0.2, -0.15) is 0 Å². The fourth-order valence-corrected chi connectivity index (χ4v) is 4.46. The van der Waals surface area contributed by atoms with E-state index >= 15 is 0 Å². The maximum absolute atomic E-state index is 12.3. The third-order valence-corrected chi connectivity index (χ3v) is 5.76. The van der Waals surface area contributed by atoms with Crippen molar-refractivity contribution in [2.45, 2.75) is 24.3 Å². The standard InChI is InChI=1S/C15H14ClNOS2/c1-9-4-6-20-14(9)15(18)17-12-5-7-19-13-3-2-10(16)8-11(12)13/h2-4,6,8,12H,5,7H2,1H3,(H,17,18). The zero-order valence-electron chi connectivity index (χ0n) is 11.0. The molecule has 1 amide bonds. The van der Waals surface area contributed by atoms with E-state index < -0.39 is 0 Å². The van der Waals surface area contributed by atoms with Crippen LogP contribution in [-0.4, -0.2) is 11.7 Å². The number of nitrogens with one attached hydrogen (secondary N) is 1. The summed E-state index contributed by atoms with van der Waals surface area (Å²) in [7, 11) is 0. The van der Waals surface area contributed by atoms with E-state index in [4.69, 9.17) is 11.6 Å². The van der Waals surface area contributed by atoms with Gasteiger partial charge in [-0.3, -0.25) is 4.79 Å². The molecule has 1 aromatic carbocycles. The van der Waals surface area contributed by atoms with Crippen LogP contribution in [0.15, 0.2) is 34.5 Å². The second-order valence-corrected chi connectivity index (χ2v) is 7.27. The summed E-state index contributed by atoms with van der Waals surface area (Å²) in [4.78, 5) is 14.4. The molecule has 3 rings (SSSR count). The van der Waals surface area contributed by atoms with Crippen LogP contribution >= 0.6 is 34.7 Å². The van der Waals surface area contributed by atoms with Gasteiger partial charge >= 0.3 is 0 Å². The number of aryl methyl sites for hydroxylation is 1. The Morgan fingerprint density at radius 1 is 1.40 bits per heavy atom. The fourth-order valence-electron chi connectivity index (χ4n) is 2.34. The van der Waals surface area contributed by atoms with Crippen molar-refractivity contribution >= 4 is 40.6 Å². The first-order chi connectivity index (χ1) is 9.65. The summed E-state index contributed by atoms with van der Waals surface area (Å²) >= 11 is 9.39. The quantitative estimate of drug-likeness (QED) is 0.869. The molecule has 0 spiro atoms. The molecule has 2 heterocycles. The minimum atomic E-state index is 0.0142. The molecule has 0 saturated heterocycles. The number of benzene rings is 1. The molecule has 104 valence electrons. The average molecular weight is 324 g/mol. The molecule has 0 bridgehead atoms. The Kier molecular flexibility index (Phi) is 4.06. The lowest BCUT2D eigenvalue weighted by Gasteiger charge is -2.26. The van der Waals surface area contributed by atoms with Crippen molar-refractivity contribution in [3.63, 3.8) is 0 Å². The molecule has 1 atom stereocenters. The maximum Gasteiger partial charge on any atom is 0.262 e. The highest BCUT2D eigenvalue weighted by Gasteiger charge is 2.23. The number of fused-ring (bicyclic) bond motifs is 1.